The Bertz CT molecular complexity index is 757. The monoisotopic (exact) mass is 329 g/mol. The van der Waals surface area contributed by atoms with Gasteiger partial charge in [0.1, 0.15) is 5.75 Å². The molecule has 1 aliphatic rings. The Balaban J connectivity index is 2.24. The van der Waals surface area contributed by atoms with E-state index in [9.17, 15) is 4.79 Å². The highest BCUT2D eigenvalue weighted by molar-refractivity contribution is 6.30. The fourth-order valence-electron chi connectivity index (χ4n) is 4.16. The molecule has 1 saturated carbocycles. The molecule has 0 bridgehead atoms. The number of benzene rings is 2. The number of halogens is 1. The minimum absolute atomic E-state index is 0.0129. The standard InChI is InChI=1S/C19H20ClNO2/c1-18(2)16(12-7-5-4-6-8-12)19(18,17(21)22)14-11-13(20)9-10-15(14)23-3/h4-11,16H,1-3H3,(H2,21,22). The summed E-state index contributed by atoms with van der Waals surface area (Å²) >= 11 is 6.19. The van der Waals surface area contributed by atoms with Crippen molar-refractivity contribution in [1.82, 2.24) is 0 Å². The van der Waals surface area contributed by atoms with Crippen LogP contribution >= 0.6 is 11.6 Å². The molecule has 4 heteroatoms. The topological polar surface area (TPSA) is 52.3 Å². The van der Waals surface area contributed by atoms with Crippen LogP contribution in [0.1, 0.15) is 30.9 Å². The lowest BCUT2D eigenvalue weighted by Gasteiger charge is -2.20. The van der Waals surface area contributed by atoms with Crippen molar-refractivity contribution in [2.45, 2.75) is 25.2 Å². The van der Waals surface area contributed by atoms with Gasteiger partial charge in [-0.2, -0.15) is 0 Å². The van der Waals surface area contributed by atoms with Crippen molar-refractivity contribution in [3.05, 3.63) is 64.7 Å². The van der Waals surface area contributed by atoms with Crippen LogP contribution in [0.25, 0.3) is 0 Å². The van der Waals surface area contributed by atoms with Crippen LogP contribution in [0.3, 0.4) is 0 Å². The summed E-state index contributed by atoms with van der Waals surface area (Å²) in [6, 6.07) is 15.3. The number of primary amides is 1. The Kier molecular flexibility index (Phi) is 3.64. The van der Waals surface area contributed by atoms with Crippen molar-refractivity contribution in [1.29, 1.82) is 0 Å². The third-order valence-electron chi connectivity index (χ3n) is 5.20. The molecule has 2 aromatic carbocycles. The molecule has 3 nitrogen and oxygen atoms in total. The number of ether oxygens (including phenoxy) is 1. The van der Waals surface area contributed by atoms with Gasteiger partial charge in [0.2, 0.25) is 5.91 Å². The number of methoxy groups -OCH3 is 1. The summed E-state index contributed by atoms with van der Waals surface area (Å²) in [5.41, 5.74) is 6.61. The van der Waals surface area contributed by atoms with Crippen LogP contribution in [-0.2, 0) is 10.2 Å². The van der Waals surface area contributed by atoms with Crippen molar-refractivity contribution in [3.63, 3.8) is 0 Å². The van der Waals surface area contributed by atoms with Crippen molar-refractivity contribution < 1.29 is 9.53 Å². The smallest absolute Gasteiger partial charge is 0.229 e. The second-order valence-corrected chi connectivity index (χ2v) is 7.02. The first-order chi connectivity index (χ1) is 10.9. The molecular formula is C19H20ClNO2. The lowest BCUT2D eigenvalue weighted by molar-refractivity contribution is -0.121. The Labute approximate surface area is 141 Å². The predicted octanol–water partition coefficient (Wildman–Crippen LogP) is 3.90. The zero-order chi connectivity index (χ0) is 16.8. The number of carbonyl (C=O) groups excluding carboxylic acids is 1. The van der Waals surface area contributed by atoms with E-state index < -0.39 is 5.41 Å². The van der Waals surface area contributed by atoms with Crippen LogP contribution in [-0.4, -0.2) is 13.0 Å². The van der Waals surface area contributed by atoms with E-state index in [2.05, 4.69) is 13.8 Å². The van der Waals surface area contributed by atoms with Gasteiger partial charge in [-0.05, 0) is 29.2 Å². The molecular weight excluding hydrogens is 310 g/mol. The van der Waals surface area contributed by atoms with Gasteiger partial charge in [-0.25, -0.2) is 0 Å². The van der Waals surface area contributed by atoms with E-state index in [0.29, 0.717) is 10.8 Å². The molecule has 2 unspecified atom stereocenters. The third-order valence-corrected chi connectivity index (χ3v) is 5.43. The second kappa shape index (κ2) is 5.27. The Morgan fingerprint density at radius 1 is 1.17 bits per heavy atom. The molecule has 2 atom stereocenters. The summed E-state index contributed by atoms with van der Waals surface area (Å²) in [4.78, 5) is 12.6. The number of rotatable bonds is 4. The maximum Gasteiger partial charge on any atom is 0.229 e. The van der Waals surface area contributed by atoms with Crippen LogP contribution in [0.4, 0.5) is 0 Å². The highest BCUT2D eigenvalue weighted by Gasteiger charge is 2.76. The summed E-state index contributed by atoms with van der Waals surface area (Å²) in [6.07, 6.45) is 0. The van der Waals surface area contributed by atoms with E-state index in [1.165, 1.54) is 0 Å². The Morgan fingerprint density at radius 3 is 2.39 bits per heavy atom. The van der Waals surface area contributed by atoms with Gasteiger partial charge < -0.3 is 10.5 Å². The van der Waals surface area contributed by atoms with E-state index in [-0.39, 0.29) is 17.2 Å². The highest BCUT2D eigenvalue weighted by Crippen LogP contribution is 2.75. The summed E-state index contributed by atoms with van der Waals surface area (Å²) in [6.45, 7) is 4.13. The molecule has 23 heavy (non-hydrogen) atoms. The fourth-order valence-corrected chi connectivity index (χ4v) is 4.33. The number of nitrogens with two attached hydrogens (primary N) is 1. The quantitative estimate of drug-likeness (QED) is 0.925. The Hall–Kier alpha value is -2.00. The summed E-state index contributed by atoms with van der Waals surface area (Å²) in [7, 11) is 1.59. The van der Waals surface area contributed by atoms with Gasteiger partial charge in [0.15, 0.2) is 0 Å². The zero-order valence-electron chi connectivity index (χ0n) is 13.5. The fraction of sp³-hybridized carbons (Fsp3) is 0.316. The van der Waals surface area contributed by atoms with E-state index in [4.69, 9.17) is 22.1 Å². The maximum absolute atomic E-state index is 12.6. The van der Waals surface area contributed by atoms with Crippen LogP contribution in [0.5, 0.6) is 5.75 Å². The van der Waals surface area contributed by atoms with Crippen molar-refractivity contribution in [3.8, 4) is 5.75 Å². The van der Waals surface area contributed by atoms with Crippen molar-refractivity contribution in [2.24, 2.45) is 11.1 Å². The van der Waals surface area contributed by atoms with Gasteiger partial charge in [0.05, 0.1) is 12.5 Å². The van der Waals surface area contributed by atoms with E-state index >= 15 is 0 Å². The van der Waals surface area contributed by atoms with Gasteiger partial charge >= 0.3 is 0 Å². The van der Waals surface area contributed by atoms with Crippen molar-refractivity contribution in [2.75, 3.05) is 7.11 Å². The zero-order valence-corrected chi connectivity index (χ0v) is 14.2. The minimum atomic E-state index is -0.829. The SMILES string of the molecule is COc1ccc(Cl)cc1C1(C(N)=O)C(c2ccccc2)C1(C)C. The summed E-state index contributed by atoms with van der Waals surface area (Å²) in [5, 5.41) is 0.566. The molecule has 0 aromatic heterocycles. The molecule has 0 saturated heterocycles. The lowest BCUT2D eigenvalue weighted by Crippen LogP contribution is -2.34. The van der Waals surface area contributed by atoms with Crippen molar-refractivity contribution >= 4 is 17.5 Å². The van der Waals surface area contributed by atoms with Crippen LogP contribution in [0.15, 0.2) is 48.5 Å². The highest BCUT2D eigenvalue weighted by atomic mass is 35.5. The molecule has 0 radical (unpaired) electrons. The third kappa shape index (κ3) is 2.07. The second-order valence-electron chi connectivity index (χ2n) is 6.58. The number of hydrogen-bond acceptors (Lipinski definition) is 2. The van der Waals surface area contributed by atoms with Gasteiger partial charge in [-0.3, -0.25) is 4.79 Å². The summed E-state index contributed by atoms with van der Waals surface area (Å²) in [5.74, 6) is 0.276. The molecule has 1 fully saturated rings. The van der Waals surface area contributed by atoms with E-state index in [0.717, 1.165) is 11.1 Å². The van der Waals surface area contributed by atoms with Crippen LogP contribution in [0.2, 0.25) is 5.02 Å². The van der Waals surface area contributed by atoms with E-state index in [1.54, 1.807) is 25.3 Å². The molecule has 1 amide bonds. The molecule has 1 aliphatic carbocycles. The van der Waals surface area contributed by atoms with Gasteiger partial charge in [-0.15, -0.1) is 0 Å². The van der Waals surface area contributed by atoms with Gasteiger partial charge in [0, 0.05) is 16.5 Å². The van der Waals surface area contributed by atoms with Crippen LogP contribution < -0.4 is 10.5 Å². The number of carbonyl (C=O) groups is 1. The number of hydrogen-bond donors (Lipinski definition) is 1. The first kappa shape index (κ1) is 15.9. The Morgan fingerprint density at radius 2 is 1.83 bits per heavy atom. The molecule has 0 aliphatic heterocycles. The van der Waals surface area contributed by atoms with Crippen LogP contribution in [0, 0.1) is 5.41 Å². The average Bonchev–Trinajstić information content (AvgIpc) is 3.06. The first-order valence-electron chi connectivity index (χ1n) is 7.56. The largest absolute Gasteiger partial charge is 0.496 e. The predicted molar refractivity (Wildman–Crippen MR) is 91.8 cm³/mol. The molecule has 0 heterocycles. The molecule has 2 aromatic rings. The lowest BCUT2D eigenvalue weighted by atomic mass is 9.85. The first-order valence-corrected chi connectivity index (χ1v) is 7.94. The maximum atomic E-state index is 12.6. The average molecular weight is 330 g/mol. The molecule has 120 valence electrons. The van der Waals surface area contributed by atoms with Gasteiger partial charge in [0.25, 0.3) is 0 Å². The normalized spacial score (nSPS) is 25.0. The number of amides is 1. The molecule has 0 spiro atoms. The van der Waals surface area contributed by atoms with Gasteiger partial charge in [-0.1, -0.05) is 55.8 Å². The summed E-state index contributed by atoms with van der Waals surface area (Å²) < 4.78 is 5.49. The van der Waals surface area contributed by atoms with E-state index in [1.807, 2.05) is 30.3 Å². The molecule has 3 rings (SSSR count). The minimum Gasteiger partial charge on any atom is -0.496 e. The molecule has 2 N–H and O–H groups in total.